The van der Waals surface area contributed by atoms with Crippen LogP contribution in [0.5, 0.6) is 5.88 Å². The molecule has 0 aliphatic heterocycles. The first-order valence-electron chi connectivity index (χ1n) is 7.72. The van der Waals surface area contributed by atoms with Gasteiger partial charge in [0.1, 0.15) is 5.69 Å². The predicted molar refractivity (Wildman–Crippen MR) is 95.9 cm³/mol. The third kappa shape index (κ3) is 4.57. The molecule has 0 spiro atoms. The van der Waals surface area contributed by atoms with Crippen molar-refractivity contribution in [2.24, 2.45) is 0 Å². The maximum atomic E-state index is 12.3. The molecule has 138 valence electrons. The zero-order valence-corrected chi connectivity index (χ0v) is 15.2. The number of nitrogens with zero attached hydrogens (tertiary/aromatic N) is 1. The maximum absolute atomic E-state index is 12.3. The van der Waals surface area contributed by atoms with Crippen LogP contribution in [0, 0.1) is 0 Å². The number of pyridine rings is 1. The van der Waals surface area contributed by atoms with Gasteiger partial charge in [0.05, 0.1) is 17.1 Å². The highest BCUT2D eigenvalue weighted by Crippen LogP contribution is 2.21. The van der Waals surface area contributed by atoms with Gasteiger partial charge >= 0.3 is 0 Å². The SMILES string of the molecule is CCOc1nc(C(=O)NCc2ccc(S(C)(=O)=O)cc2)cc(N)c1C=O. The first-order valence-corrected chi connectivity index (χ1v) is 9.61. The molecule has 1 heterocycles. The molecule has 0 atom stereocenters. The highest BCUT2D eigenvalue weighted by atomic mass is 32.2. The molecule has 8 nitrogen and oxygen atoms in total. The number of hydrogen-bond acceptors (Lipinski definition) is 7. The molecule has 26 heavy (non-hydrogen) atoms. The number of anilines is 1. The Morgan fingerprint density at radius 2 is 1.96 bits per heavy atom. The van der Waals surface area contributed by atoms with E-state index in [-0.39, 0.29) is 40.9 Å². The number of benzene rings is 1. The summed E-state index contributed by atoms with van der Waals surface area (Å²) in [5.41, 5.74) is 6.71. The maximum Gasteiger partial charge on any atom is 0.270 e. The number of nitrogen functional groups attached to an aromatic ring is 1. The van der Waals surface area contributed by atoms with E-state index in [1.54, 1.807) is 19.1 Å². The van der Waals surface area contributed by atoms with Crippen LogP contribution in [-0.2, 0) is 16.4 Å². The smallest absolute Gasteiger partial charge is 0.270 e. The predicted octanol–water partition coefficient (Wildman–Crippen LogP) is 1.21. The molecule has 0 radical (unpaired) electrons. The summed E-state index contributed by atoms with van der Waals surface area (Å²) in [4.78, 5) is 27.6. The number of rotatable bonds is 7. The summed E-state index contributed by atoms with van der Waals surface area (Å²) >= 11 is 0. The van der Waals surface area contributed by atoms with Crippen LogP contribution in [0.4, 0.5) is 5.69 Å². The van der Waals surface area contributed by atoms with Crippen molar-refractivity contribution < 1.29 is 22.7 Å². The first kappa shape index (κ1) is 19.4. The van der Waals surface area contributed by atoms with Crippen molar-refractivity contribution in [1.29, 1.82) is 0 Å². The van der Waals surface area contributed by atoms with Crippen molar-refractivity contribution in [1.82, 2.24) is 10.3 Å². The average Bonchev–Trinajstić information content (AvgIpc) is 2.59. The number of nitrogens with two attached hydrogens (primary N) is 1. The number of hydrogen-bond donors (Lipinski definition) is 2. The topological polar surface area (TPSA) is 128 Å². The van der Waals surface area contributed by atoms with Crippen molar-refractivity contribution >= 4 is 27.7 Å². The van der Waals surface area contributed by atoms with Crippen LogP contribution < -0.4 is 15.8 Å². The van der Waals surface area contributed by atoms with Crippen LogP contribution in [0.2, 0.25) is 0 Å². The van der Waals surface area contributed by atoms with Gasteiger partial charge in [-0.15, -0.1) is 0 Å². The monoisotopic (exact) mass is 377 g/mol. The molecular weight excluding hydrogens is 358 g/mol. The van der Waals surface area contributed by atoms with E-state index >= 15 is 0 Å². The second-order valence-corrected chi connectivity index (χ2v) is 7.48. The van der Waals surface area contributed by atoms with Gasteiger partial charge < -0.3 is 15.8 Å². The van der Waals surface area contributed by atoms with E-state index in [1.807, 2.05) is 0 Å². The van der Waals surface area contributed by atoms with Crippen LogP contribution in [-0.4, -0.2) is 38.5 Å². The van der Waals surface area contributed by atoms with Gasteiger partial charge in [-0.25, -0.2) is 13.4 Å². The molecule has 1 amide bonds. The number of carbonyl (C=O) groups excluding carboxylic acids is 2. The molecule has 2 aromatic rings. The molecule has 0 bridgehead atoms. The first-order chi connectivity index (χ1) is 12.3. The van der Waals surface area contributed by atoms with Gasteiger partial charge in [-0.05, 0) is 30.7 Å². The summed E-state index contributed by atoms with van der Waals surface area (Å²) in [6.45, 7) is 2.16. The molecule has 3 N–H and O–H groups in total. The Bertz CT molecular complexity index is 924. The lowest BCUT2D eigenvalue weighted by Gasteiger charge is -2.11. The van der Waals surface area contributed by atoms with Gasteiger partial charge in [0.25, 0.3) is 5.91 Å². The lowest BCUT2D eigenvalue weighted by Crippen LogP contribution is -2.24. The minimum Gasteiger partial charge on any atom is -0.477 e. The average molecular weight is 377 g/mol. The van der Waals surface area contributed by atoms with Gasteiger partial charge in [0, 0.05) is 18.5 Å². The molecule has 0 saturated carbocycles. The Morgan fingerprint density at radius 1 is 1.31 bits per heavy atom. The highest BCUT2D eigenvalue weighted by molar-refractivity contribution is 7.90. The summed E-state index contributed by atoms with van der Waals surface area (Å²) in [7, 11) is -3.27. The van der Waals surface area contributed by atoms with E-state index in [0.717, 1.165) is 6.26 Å². The van der Waals surface area contributed by atoms with Crippen molar-refractivity contribution in [3.05, 3.63) is 47.2 Å². The molecule has 1 aromatic carbocycles. The number of aldehydes is 1. The van der Waals surface area contributed by atoms with E-state index in [2.05, 4.69) is 10.3 Å². The fourth-order valence-corrected chi connectivity index (χ4v) is 2.79. The normalized spacial score (nSPS) is 11.0. The minimum atomic E-state index is -3.27. The fourth-order valence-electron chi connectivity index (χ4n) is 2.16. The third-order valence-electron chi connectivity index (χ3n) is 3.49. The molecule has 1 aromatic heterocycles. The Kier molecular flexibility index (Phi) is 5.93. The van der Waals surface area contributed by atoms with Gasteiger partial charge in [-0.1, -0.05) is 12.1 Å². The zero-order chi connectivity index (χ0) is 19.3. The molecule has 0 aliphatic carbocycles. The Morgan fingerprint density at radius 3 is 2.50 bits per heavy atom. The van der Waals surface area contributed by atoms with Crippen molar-refractivity contribution in [3.63, 3.8) is 0 Å². The molecule has 9 heteroatoms. The summed E-state index contributed by atoms with van der Waals surface area (Å²) in [5, 5.41) is 2.66. The van der Waals surface area contributed by atoms with E-state index in [1.165, 1.54) is 18.2 Å². The summed E-state index contributed by atoms with van der Waals surface area (Å²) in [6.07, 6.45) is 1.65. The van der Waals surface area contributed by atoms with E-state index in [0.29, 0.717) is 11.8 Å². The lowest BCUT2D eigenvalue weighted by molar-refractivity contribution is 0.0943. The Labute approximate surface area is 151 Å². The number of sulfone groups is 1. The molecule has 0 fully saturated rings. The molecule has 2 rings (SSSR count). The number of ether oxygens (including phenoxy) is 1. The van der Waals surface area contributed by atoms with Gasteiger partial charge in [0.15, 0.2) is 16.1 Å². The standard InChI is InChI=1S/C17H19N3O5S/c1-3-25-17-13(10-21)14(18)8-15(20-17)16(22)19-9-11-4-6-12(7-5-11)26(2,23)24/h4-8,10H,3,9H2,1-2H3,(H2,18,20)(H,19,22). The van der Waals surface area contributed by atoms with Crippen molar-refractivity contribution in [2.45, 2.75) is 18.4 Å². The van der Waals surface area contributed by atoms with Crippen LogP contribution in [0.1, 0.15) is 33.3 Å². The minimum absolute atomic E-state index is 0.00477. The van der Waals surface area contributed by atoms with Gasteiger partial charge in [0.2, 0.25) is 5.88 Å². The van der Waals surface area contributed by atoms with Crippen LogP contribution in [0.15, 0.2) is 35.2 Å². The Hall–Kier alpha value is -2.94. The number of aromatic nitrogens is 1. The van der Waals surface area contributed by atoms with Crippen molar-refractivity contribution in [2.75, 3.05) is 18.6 Å². The zero-order valence-electron chi connectivity index (χ0n) is 14.4. The number of amides is 1. The van der Waals surface area contributed by atoms with Crippen LogP contribution in [0.25, 0.3) is 0 Å². The summed E-state index contributed by atoms with van der Waals surface area (Å²) in [6, 6.07) is 7.46. The fraction of sp³-hybridized carbons (Fsp3) is 0.235. The van der Waals surface area contributed by atoms with E-state index in [4.69, 9.17) is 10.5 Å². The number of carbonyl (C=O) groups is 2. The second kappa shape index (κ2) is 7.96. The third-order valence-corrected chi connectivity index (χ3v) is 4.62. The van der Waals surface area contributed by atoms with E-state index in [9.17, 15) is 18.0 Å². The largest absolute Gasteiger partial charge is 0.477 e. The molecular formula is C17H19N3O5S. The van der Waals surface area contributed by atoms with E-state index < -0.39 is 15.7 Å². The van der Waals surface area contributed by atoms with Crippen LogP contribution in [0.3, 0.4) is 0 Å². The van der Waals surface area contributed by atoms with Crippen LogP contribution >= 0.6 is 0 Å². The molecule has 0 unspecified atom stereocenters. The highest BCUT2D eigenvalue weighted by Gasteiger charge is 2.16. The number of nitrogens with one attached hydrogen (secondary N) is 1. The van der Waals surface area contributed by atoms with Crippen molar-refractivity contribution in [3.8, 4) is 5.88 Å². The lowest BCUT2D eigenvalue weighted by atomic mass is 10.2. The summed E-state index contributed by atoms with van der Waals surface area (Å²) in [5.74, 6) is -0.493. The second-order valence-electron chi connectivity index (χ2n) is 5.47. The molecule has 0 aliphatic rings. The van der Waals surface area contributed by atoms with Gasteiger partial charge in [-0.2, -0.15) is 0 Å². The van der Waals surface area contributed by atoms with Gasteiger partial charge in [-0.3, -0.25) is 9.59 Å². The Balaban J connectivity index is 2.14. The quantitative estimate of drug-likeness (QED) is 0.694. The summed E-state index contributed by atoms with van der Waals surface area (Å²) < 4.78 is 28.1. The molecule has 0 saturated heterocycles.